The molecule has 5 heteroatoms. The number of carbonyl (C=O) groups excluding carboxylic acids is 1. The van der Waals surface area contributed by atoms with Crippen LogP contribution < -0.4 is 15.4 Å². The highest BCUT2D eigenvalue weighted by Crippen LogP contribution is 2.27. The quantitative estimate of drug-likeness (QED) is 0.880. The van der Waals surface area contributed by atoms with Gasteiger partial charge in [0, 0.05) is 18.4 Å². The molecule has 1 amide bonds. The van der Waals surface area contributed by atoms with Crippen LogP contribution in [0.1, 0.15) is 17.3 Å². The number of amides is 1. The van der Waals surface area contributed by atoms with Crippen LogP contribution in [0.25, 0.3) is 0 Å². The Labute approximate surface area is 122 Å². The van der Waals surface area contributed by atoms with Crippen LogP contribution in [-0.2, 0) is 0 Å². The van der Waals surface area contributed by atoms with Gasteiger partial charge in [-0.3, -0.25) is 4.79 Å². The van der Waals surface area contributed by atoms with E-state index < -0.39 is 0 Å². The first kappa shape index (κ1) is 14.8. The molecule has 110 valence electrons. The minimum atomic E-state index is -0.353. The molecule has 0 aliphatic heterocycles. The van der Waals surface area contributed by atoms with E-state index in [9.17, 15) is 9.18 Å². The van der Waals surface area contributed by atoms with Gasteiger partial charge in [-0.1, -0.05) is 6.07 Å². The molecule has 0 heterocycles. The molecule has 2 aromatic rings. The average molecular weight is 288 g/mol. The van der Waals surface area contributed by atoms with Crippen molar-refractivity contribution in [3.8, 4) is 5.75 Å². The van der Waals surface area contributed by atoms with E-state index in [1.807, 2.05) is 6.92 Å². The molecular weight excluding hydrogens is 271 g/mol. The molecule has 0 spiro atoms. The number of nitrogens with two attached hydrogens (primary N) is 1. The number of carbonyl (C=O) groups is 1. The Hall–Kier alpha value is -2.56. The van der Waals surface area contributed by atoms with E-state index in [0.717, 1.165) is 0 Å². The third kappa shape index (κ3) is 3.13. The van der Waals surface area contributed by atoms with Gasteiger partial charge >= 0.3 is 0 Å². The van der Waals surface area contributed by atoms with Crippen molar-refractivity contribution in [2.24, 2.45) is 0 Å². The molecular formula is C16H17FN2O2. The van der Waals surface area contributed by atoms with Gasteiger partial charge in [-0.25, -0.2) is 4.39 Å². The molecule has 2 rings (SSSR count). The number of hydrogen-bond acceptors (Lipinski definition) is 3. The van der Waals surface area contributed by atoms with Crippen molar-refractivity contribution in [1.82, 2.24) is 0 Å². The first-order valence-corrected chi connectivity index (χ1v) is 6.59. The zero-order valence-corrected chi connectivity index (χ0v) is 12.0. The summed E-state index contributed by atoms with van der Waals surface area (Å²) in [7, 11) is 1.61. The summed E-state index contributed by atoms with van der Waals surface area (Å²) >= 11 is 0. The summed E-state index contributed by atoms with van der Waals surface area (Å²) in [6.07, 6.45) is 0. The highest BCUT2D eigenvalue weighted by Gasteiger charge is 2.20. The van der Waals surface area contributed by atoms with Crippen molar-refractivity contribution < 1.29 is 13.9 Å². The van der Waals surface area contributed by atoms with Crippen LogP contribution in [0.4, 0.5) is 15.8 Å². The molecule has 4 nitrogen and oxygen atoms in total. The molecule has 0 radical (unpaired) electrons. The van der Waals surface area contributed by atoms with Gasteiger partial charge in [-0.2, -0.15) is 0 Å². The van der Waals surface area contributed by atoms with Crippen molar-refractivity contribution in [2.75, 3.05) is 24.3 Å². The Morgan fingerprint density at radius 1 is 1.24 bits per heavy atom. The van der Waals surface area contributed by atoms with Crippen LogP contribution in [-0.4, -0.2) is 19.6 Å². The molecule has 0 aliphatic carbocycles. The monoisotopic (exact) mass is 288 g/mol. The van der Waals surface area contributed by atoms with E-state index in [-0.39, 0.29) is 11.7 Å². The molecule has 0 bridgehead atoms. The lowest BCUT2D eigenvalue weighted by Gasteiger charge is -2.20. The predicted octanol–water partition coefficient (Wildman–Crippen LogP) is 3.08. The van der Waals surface area contributed by atoms with E-state index in [2.05, 4.69) is 0 Å². The second kappa shape index (κ2) is 6.26. The predicted molar refractivity (Wildman–Crippen MR) is 81.2 cm³/mol. The molecule has 0 atom stereocenters. The first-order valence-electron chi connectivity index (χ1n) is 6.59. The number of ether oxygens (including phenoxy) is 1. The Bertz CT molecular complexity index is 641. The normalized spacial score (nSPS) is 10.2. The van der Waals surface area contributed by atoms with Crippen molar-refractivity contribution >= 4 is 17.3 Å². The molecule has 0 aromatic heterocycles. The second-order valence-corrected chi connectivity index (χ2v) is 4.49. The van der Waals surface area contributed by atoms with Crippen LogP contribution in [0.15, 0.2) is 42.5 Å². The van der Waals surface area contributed by atoms with Crippen LogP contribution >= 0.6 is 0 Å². The Morgan fingerprint density at radius 2 is 1.90 bits per heavy atom. The van der Waals surface area contributed by atoms with Crippen LogP contribution in [0.3, 0.4) is 0 Å². The van der Waals surface area contributed by atoms with E-state index in [1.54, 1.807) is 25.2 Å². The average Bonchev–Trinajstić information content (AvgIpc) is 2.47. The molecule has 21 heavy (non-hydrogen) atoms. The molecule has 0 unspecified atom stereocenters. The summed E-state index contributed by atoms with van der Waals surface area (Å²) in [6, 6.07) is 10.8. The van der Waals surface area contributed by atoms with Gasteiger partial charge in [0.25, 0.3) is 5.91 Å². The van der Waals surface area contributed by atoms with Crippen molar-refractivity contribution in [1.29, 1.82) is 0 Å². The van der Waals surface area contributed by atoms with Crippen LogP contribution in [0.2, 0.25) is 0 Å². The number of nitrogens with zero attached hydrogens (tertiary/aromatic N) is 1. The van der Waals surface area contributed by atoms with Crippen molar-refractivity contribution in [3.05, 3.63) is 53.8 Å². The maximum Gasteiger partial charge on any atom is 0.263 e. The fourth-order valence-electron chi connectivity index (χ4n) is 2.00. The summed E-state index contributed by atoms with van der Waals surface area (Å²) in [5.41, 5.74) is 7.14. The molecule has 0 aliphatic rings. The van der Waals surface area contributed by atoms with Crippen LogP contribution in [0.5, 0.6) is 5.75 Å². The molecule has 2 N–H and O–H groups in total. The minimum absolute atomic E-state index is 0.303. The molecule has 0 fully saturated rings. The van der Waals surface area contributed by atoms with Gasteiger partial charge < -0.3 is 15.4 Å². The maximum atomic E-state index is 13.0. The van der Waals surface area contributed by atoms with Gasteiger partial charge in [0.1, 0.15) is 17.1 Å². The second-order valence-electron chi connectivity index (χ2n) is 4.49. The van der Waals surface area contributed by atoms with E-state index in [0.29, 0.717) is 29.3 Å². The zero-order chi connectivity index (χ0) is 15.4. The lowest BCUT2D eigenvalue weighted by molar-refractivity contribution is 0.0990. The minimum Gasteiger partial charge on any atom is -0.493 e. The van der Waals surface area contributed by atoms with Gasteiger partial charge in [-0.05, 0) is 43.3 Å². The highest BCUT2D eigenvalue weighted by molar-refractivity contribution is 6.10. The number of rotatable bonds is 4. The fraction of sp³-hybridized carbons (Fsp3) is 0.188. The van der Waals surface area contributed by atoms with E-state index >= 15 is 0 Å². The fourth-order valence-corrected chi connectivity index (χ4v) is 2.00. The number of halogens is 1. The lowest BCUT2D eigenvalue weighted by atomic mass is 10.1. The van der Waals surface area contributed by atoms with Crippen molar-refractivity contribution in [2.45, 2.75) is 6.92 Å². The molecule has 0 saturated heterocycles. The summed E-state index contributed by atoms with van der Waals surface area (Å²) in [5.74, 6) is -0.214. The SMILES string of the molecule is CCOc1cccc(N)c1C(=O)N(C)c1ccc(F)cc1. The van der Waals surface area contributed by atoms with E-state index in [4.69, 9.17) is 10.5 Å². The molecule has 2 aromatic carbocycles. The third-order valence-electron chi connectivity index (χ3n) is 3.09. The van der Waals surface area contributed by atoms with Gasteiger partial charge in [-0.15, -0.1) is 0 Å². The summed E-state index contributed by atoms with van der Waals surface area (Å²) in [6.45, 7) is 2.27. The molecule has 0 saturated carbocycles. The van der Waals surface area contributed by atoms with Crippen molar-refractivity contribution in [3.63, 3.8) is 0 Å². The Morgan fingerprint density at radius 3 is 2.52 bits per heavy atom. The third-order valence-corrected chi connectivity index (χ3v) is 3.09. The smallest absolute Gasteiger partial charge is 0.263 e. The highest BCUT2D eigenvalue weighted by atomic mass is 19.1. The summed E-state index contributed by atoms with van der Waals surface area (Å²) < 4.78 is 18.4. The number of anilines is 2. The maximum absolute atomic E-state index is 13.0. The topological polar surface area (TPSA) is 55.6 Å². The Kier molecular flexibility index (Phi) is 4.42. The first-order chi connectivity index (χ1) is 10.0. The number of benzene rings is 2. The van der Waals surface area contributed by atoms with Gasteiger partial charge in [0.15, 0.2) is 0 Å². The number of hydrogen-bond donors (Lipinski definition) is 1. The van der Waals surface area contributed by atoms with E-state index in [1.165, 1.54) is 29.2 Å². The zero-order valence-electron chi connectivity index (χ0n) is 12.0. The largest absolute Gasteiger partial charge is 0.493 e. The van der Waals surface area contributed by atoms with Gasteiger partial charge in [0.05, 0.1) is 6.61 Å². The summed E-state index contributed by atoms with van der Waals surface area (Å²) in [5, 5.41) is 0. The summed E-state index contributed by atoms with van der Waals surface area (Å²) in [4.78, 5) is 14.0. The van der Waals surface area contributed by atoms with Gasteiger partial charge in [0.2, 0.25) is 0 Å². The number of nitrogen functional groups attached to an aromatic ring is 1. The van der Waals surface area contributed by atoms with Crippen LogP contribution in [0, 0.1) is 5.82 Å². The lowest BCUT2D eigenvalue weighted by Crippen LogP contribution is -2.27. The standard InChI is InChI=1S/C16H17FN2O2/c1-3-21-14-6-4-5-13(18)15(14)16(20)19(2)12-9-7-11(17)8-10-12/h4-10H,3,18H2,1-2H3. The Balaban J connectivity index is 2.37.